The van der Waals surface area contributed by atoms with Crippen molar-refractivity contribution in [3.63, 3.8) is 0 Å². The van der Waals surface area contributed by atoms with E-state index < -0.39 is 5.67 Å². The van der Waals surface area contributed by atoms with Crippen LogP contribution < -0.4 is 0 Å². The monoisotopic (exact) mass is 347 g/mol. The average molecular weight is 347 g/mol. The summed E-state index contributed by atoms with van der Waals surface area (Å²) in [6.45, 7) is 5.56. The Bertz CT molecular complexity index is 612. The maximum absolute atomic E-state index is 14.1. The number of nitrogens with zero attached hydrogens (tertiary/aromatic N) is 3. The Morgan fingerprint density at radius 2 is 1.88 bits per heavy atom. The molecule has 1 aromatic rings. The summed E-state index contributed by atoms with van der Waals surface area (Å²) in [5.41, 5.74) is -0.210. The van der Waals surface area contributed by atoms with E-state index in [0.29, 0.717) is 25.9 Å². The van der Waals surface area contributed by atoms with Crippen LogP contribution in [0.25, 0.3) is 0 Å². The summed E-state index contributed by atoms with van der Waals surface area (Å²) in [6, 6.07) is 4.10. The van der Waals surface area contributed by atoms with Crippen molar-refractivity contribution in [1.29, 1.82) is 0 Å². The van der Waals surface area contributed by atoms with Crippen LogP contribution in [0.1, 0.15) is 31.2 Å². The number of amides is 1. The molecule has 5 nitrogen and oxygen atoms in total. The molecule has 1 saturated carbocycles. The summed E-state index contributed by atoms with van der Waals surface area (Å²) in [5.74, 6) is -0.287. The van der Waals surface area contributed by atoms with Crippen LogP contribution >= 0.6 is 0 Å². The van der Waals surface area contributed by atoms with Gasteiger partial charge in [0.1, 0.15) is 0 Å². The third-order valence-corrected chi connectivity index (χ3v) is 5.86. The molecule has 2 aliphatic heterocycles. The lowest BCUT2D eigenvalue weighted by molar-refractivity contribution is -0.141. The van der Waals surface area contributed by atoms with E-state index >= 15 is 0 Å². The van der Waals surface area contributed by atoms with E-state index in [1.165, 1.54) is 5.56 Å². The van der Waals surface area contributed by atoms with Crippen molar-refractivity contribution in [2.45, 2.75) is 37.9 Å². The molecule has 0 N–H and O–H groups in total. The maximum Gasteiger partial charge on any atom is 0.260 e. The molecule has 4 rings (SSSR count). The van der Waals surface area contributed by atoms with Crippen LogP contribution in [0.5, 0.6) is 0 Å². The lowest BCUT2D eigenvalue weighted by atomic mass is 9.78. The van der Waals surface area contributed by atoms with Crippen molar-refractivity contribution >= 4 is 5.91 Å². The fourth-order valence-electron chi connectivity index (χ4n) is 4.06. The molecule has 0 bridgehead atoms. The molecule has 1 amide bonds. The summed E-state index contributed by atoms with van der Waals surface area (Å²) in [6.07, 6.45) is 6.23. The molecule has 3 aliphatic rings. The van der Waals surface area contributed by atoms with Crippen molar-refractivity contribution in [2.24, 2.45) is 5.41 Å². The standard InChI is InChI=1S/C19H26FN3O2/c20-19(3-4-19)17(24)23-9-5-18(6-10-23)14-22(11-12-25-15-18)13-16-1-7-21-8-2-16/h1-2,7-8H,3-6,9-15H2. The highest BCUT2D eigenvalue weighted by Gasteiger charge is 2.53. The SMILES string of the molecule is O=C(N1CCC2(CC1)COCCN(Cc1ccncc1)C2)C1(F)CC1. The molecule has 0 atom stereocenters. The summed E-state index contributed by atoms with van der Waals surface area (Å²) < 4.78 is 20.0. The second-order valence-corrected chi connectivity index (χ2v) is 7.88. The Kier molecular flexibility index (Phi) is 4.50. The molecule has 6 heteroatoms. The number of carbonyl (C=O) groups excluding carboxylic acids is 1. The molecule has 25 heavy (non-hydrogen) atoms. The fourth-order valence-corrected chi connectivity index (χ4v) is 4.06. The van der Waals surface area contributed by atoms with Gasteiger partial charge in [0.2, 0.25) is 0 Å². The van der Waals surface area contributed by atoms with Gasteiger partial charge < -0.3 is 9.64 Å². The first-order valence-electron chi connectivity index (χ1n) is 9.26. The van der Waals surface area contributed by atoms with Crippen LogP contribution in [0.4, 0.5) is 4.39 Å². The van der Waals surface area contributed by atoms with Crippen LogP contribution in [0.2, 0.25) is 0 Å². The van der Waals surface area contributed by atoms with Crippen LogP contribution in [-0.2, 0) is 16.1 Å². The molecular formula is C19H26FN3O2. The summed E-state index contributed by atoms with van der Waals surface area (Å²) >= 11 is 0. The number of rotatable bonds is 3. The summed E-state index contributed by atoms with van der Waals surface area (Å²) in [5, 5.41) is 0. The number of pyridine rings is 1. The van der Waals surface area contributed by atoms with Crippen molar-refractivity contribution in [3.8, 4) is 0 Å². The second-order valence-electron chi connectivity index (χ2n) is 7.88. The second kappa shape index (κ2) is 6.65. The van der Waals surface area contributed by atoms with Gasteiger partial charge in [0, 0.05) is 50.5 Å². The highest BCUT2D eigenvalue weighted by molar-refractivity contribution is 5.88. The van der Waals surface area contributed by atoms with Gasteiger partial charge in [-0.25, -0.2) is 4.39 Å². The Morgan fingerprint density at radius 3 is 2.56 bits per heavy atom. The zero-order chi connectivity index (χ0) is 17.3. The number of likely N-dealkylation sites (tertiary alicyclic amines) is 1. The molecule has 3 fully saturated rings. The van der Waals surface area contributed by atoms with Crippen LogP contribution in [0, 0.1) is 5.41 Å². The minimum atomic E-state index is -1.54. The Morgan fingerprint density at radius 1 is 1.16 bits per heavy atom. The predicted octanol–water partition coefficient (Wildman–Crippen LogP) is 2.02. The maximum atomic E-state index is 14.1. The average Bonchev–Trinajstić information content (AvgIpc) is 3.41. The van der Waals surface area contributed by atoms with Crippen molar-refractivity contribution in [2.75, 3.05) is 39.4 Å². The van der Waals surface area contributed by atoms with Gasteiger partial charge >= 0.3 is 0 Å². The topological polar surface area (TPSA) is 45.7 Å². The molecule has 1 aliphatic carbocycles. The number of piperidine rings is 1. The van der Waals surface area contributed by atoms with E-state index in [-0.39, 0.29) is 11.3 Å². The first kappa shape index (κ1) is 16.9. The third kappa shape index (κ3) is 3.70. The number of alkyl halides is 1. The molecule has 2 saturated heterocycles. The van der Waals surface area contributed by atoms with Gasteiger partial charge in [-0.1, -0.05) is 0 Å². The van der Waals surface area contributed by atoms with E-state index in [2.05, 4.69) is 22.0 Å². The highest BCUT2D eigenvalue weighted by Crippen LogP contribution is 2.43. The van der Waals surface area contributed by atoms with Gasteiger partial charge in [0.15, 0.2) is 5.67 Å². The van der Waals surface area contributed by atoms with Crippen molar-refractivity contribution in [1.82, 2.24) is 14.8 Å². The van der Waals surface area contributed by atoms with Gasteiger partial charge in [0.05, 0.1) is 13.2 Å². The van der Waals surface area contributed by atoms with Crippen LogP contribution in [0.15, 0.2) is 24.5 Å². The quantitative estimate of drug-likeness (QED) is 0.839. The van der Waals surface area contributed by atoms with Crippen LogP contribution in [-0.4, -0.2) is 65.8 Å². The molecule has 3 heterocycles. The van der Waals surface area contributed by atoms with E-state index in [1.807, 2.05) is 12.4 Å². The van der Waals surface area contributed by atoms with Crippen molar-refractivity contribution in [3.05, 3.63) is 30.1 Å². The number of halogens is 1. The predicted molar refractivity (Wildman–Crippen MR) is 91.7 cm³/mol. The van der Waals surface area contributed by atoms with E-state index in [4.69, 9.17) is 4.74 Å². The van der Waals surface area contributed by atoms with E-state index in [0.717, 1.165) is 45.7 Å². The minimum absolute atomic E-state index is 0.0767. The number of carbonyl (C=O) groups is 1. The molecule has 136 valence electrons. The first-order valence-corrected chi connectivity index (χ1v) is 9.26. The lowest BCUT2D eigenvalue weighted by Crippen LogP contribution is -2.50. The summed E-state index contributed by atoms with van der Waals surface area (Å²) in [4.78, 5) is 20.5. The summed E-state index contributed by atoms with van der Waals surface area (Å²) in [7, 11) is 0. The zero-order valence-electron chi connectivity index (χ0n) is 14.6. The van der Waals surface area contributed by atoms with E-state index in [9.17, 15) is 9.18 Å². The zero-order valence-corrected chi connectivity index (χ0v) is 14.6. The molecule has 0 radical (unpaired) electrons. The fraction of sp³-hybridized carbons (Fsp3) is 0.684. The van der Waals surface area contributed by atoms with Gasteiger partial charge in [-0.05, 0) is 43.4 Å². The minimum Gasteiger partial charge on any atom is -0.379 e. The number of hydrogen-bond acceptors (Lipinski definition) is 4. The largest absolute Gasteiger partial charge is 0.379 e. The van der Waals surface area contributed by atoms with Gasteiger partial charge in [-0.2, -0.15) is 0 Å². The first-order chi connectivity index (χ1) is 12.1. The van der Waals surface area contributed by atoms with E-state index in [1.54, 1.807) is 4.90 Å². The van der Waals surface area contributed by atoms with Crippen molar-refractivity contribution < 1.29 is 13.9 Å². The Hall–Kier alpha value is -1.53. The third-order valence-electron chi connectivity index (χ3n) is 5.86. The van der Waals surface area contributed by atoms with Gasteiger partial charge in [0.25, 0.3) is 5.91 Å². The normalized spacial score (nSPS) is 25.6. The molecule has 0 unspecified atom stereocenters. The Balaban J connectivity index is 1.38. The smallest absolute Gasteiger partial charge is 0.260 e. The lowest BCUT2D eigenvalue weighted by Gasteiger charge is -2.43. The molecular weight excluding hydrogens is 321 g/mol. The molecule has 0 aromatic carbocycles. The highest BCUT2D eigenvalue weighted by atomic mass is 19.1. The molecule has 1 aromatic heterocycles. The number of ether oxygens (including phenoxy) is 1. The van der Waals surface area contributed by atoms with Gasteiger partial charge in [-0.3, -0.25) is 14.7 Å². The number of aromatic nitrogens is 1. The number of hydrogen-bond donors (Lipinski definition) is 0. The van der Waals surface area contributed by atoms with Crippen LogP contribution in [0.3, 0.4) is 0 Å². The molecule has 1 spiro atoms. The van der Waals surface area contributed by atoms with Gasteiger partial charge in [-0.15, -0.1) is 0 Å². The Labute approximate surface area is 148 Å².